The minimum Gasteiger partial charge on any atom is -0.385 e. The van der Waals surface area contributed by atoms with Crippen LogP contribution in [-0.2, 0) is 6.54 Å². The van der Waals surface area contributed by atoms with Gasteiger partial charge in [-0.1, -0.05) is 13.8 Å². The second-order valence-corrected chi connectivity index (χ2v) is 6.33. The normalized spacial score (nSPS) is 13.5. The van der Waals surface area contributed by atoms with Crippen molar-refractivity contribution < 1.29 is 5.11 Å². The van der Waals surface area contributed by atoms with Crippen LogP contribution in [0, 0.1) is 5.92 Å². The SMILES string of the molecule is CC(C)CNCC(O)c1c(Br)cnn1CCN(C)C. The predicted molar refractivity (Wildman–Crippen MR) is 81.1 cm³/mol. The lowest BCUT2D eigenvalue weighted by Crippen LogP contribution is -2.28. The lowest BCUT2D eigenvalue weighted by atomic mass is 10.2. The van der Waals surface area contributed by atoms with Crippen LogP contribution in [0.3, 0.4) is 0 Å². The Balaban J connectivity index is 2.61. The maximum absolute atomic E-state index is 10.3. The molecule has 1 atom stereocenters. The van der Waals surface area contributed by atoms with Gasteiger partial charge in [0.15, 0.2) is 0 Å². The Morgan fingerprint density at radius 1 is 1.42 bits per heavy atom. The van der Waals surface area contributed by atoms with Gasteiger partial charge < -0.3 is 15.3 Å². The van der Waals surface area contributed by atoms with Crippen LogP contribution in [0.4, 0.5) is 0 Å². The number of aromatic nitrogens is 2. The average molecular weight is 333 g/mol. The highest BCUT2D eigenvalue weighted by Crippen LogP contribution is 2.22. The van der Waals surface area contributed by atoms with Crippen LogP contribution in [0.2, 0.25) is 0 Å². The molecular weight excluding hydrogens is 308 g/mol. The van der Waals surface area contributed by atoms with Crippen LogP contribution in [-0.4, -0.2) is 53.5 Å². The molecule has 0 aromatic carbocycles. The van der Waals surface area contributed by atoms with Crippen LogP contribution in [0.5, 0.6) is 0 Å². The minimum atomic E-state index is -0.544. The van der Waals surface area contributed by atoms with Crippen molar-refractivity contribution >= 4 is 15.9 Å². The number of aliphatic hydroxyl groups is 1. The van der Waals surface area contributed by atoms with Gasteiger partial charge in [-0.3, -0.25) is 4.68 Å². The van der Waals surface area contributed by atoms with Crippen LogP contribution in [0.1, 0.15) is 25.6 Å². The molecule has 0 radical (unpaired) electrons. The van der Waals surface area contributed by atoms with Crippen molar-refractivity contribution in [2.45, 2.75) is 26.5 Å². The zero-order valence-corrected chi connectivity index (χ0v) is 13.8. The molecule has 1 aromatic heterocycles. The number of nitrogens with one attached hydrogen (secondary N) is 1. The molecule has 0 aliphatic carbocycles. The molecule has 1 rings (SSSR count). The van der Waals surface area contributed by atoms with Gasteiger partial charge in [-0.05, 0) is 42.5 Å². The van der Waals surface area contributed by atoms with E-state index in [-0.39, 0.29) is 0 Å². The average Bonchev–Trinajstić information content (AvgIpc) is 2.67. The zero-order chi connectivity index (χ0) is 14.4. The fraction of sp³-hybridized carbons (Fsp3) is 0.769. The molecule has 110 valence electrons. The lowest BCUT2D eigenvalue weighted by molar-refractivity contribution is 0.160. The summed E-state index contributed by atoms with van der Waals surface area (Å²) < 4.78 is 2.73. The number of hydrogen-bond acceptors (Lipinski definition) is 4. The first-order valence-electron chi connectivity index (χ1n) is 6.66. The molecule has 1 unspecified atom stereocenters. The summed E-state index contributed by atoms with van der Waals surface area (Å²) >= 11 is 3.46. The van der Waals surface area contributed by atoms with E-state index in [0.717, 1.165) is 29.8 Å². The summed E-state index contributed by atoms with van der Waals surface area (Å²) in [6.07, 6.45) is 1.20. The second kappa shape index (κ2) is 7.99. The lowest BCUT2D eigenvalue weighted by Gasteiger charge is -2.17. The van der Waals surface area contributed by atoms with E-state index < -0.39 is 6.10 Å². The molecule has 0 saturated heterocycles. The van der Waals surface area contributed by atoms with E-state index in [4.69, 9.17) is 0 Å². The Kier molecular flexibility index (Phi) is 6.99. The first kappa shape index (κ1) is 16.6. The van der Waals surface area contributed by atoms with Gasteiger partial charge in [0.2, 0.25) is 0 Å². The van der Waals surface area contributed by atoms with Gasteiger partial charge in [0.25, 0.3) is 0 Å². The molecule has 0 bridgehead atoms. The van der Waals surface area contributed by atoms with Crippen molar-refractivity contribution in [2.24, 2.45) is 5.92 Å². The van der Waals surface area contributed by atoms with E-state index in [1.54, 1.807) is 6.20 Å². The van der Waals surface area contributed by atoms with Crippen LogP contribution >= 0.6 is 15.9 Å². The number of nitrogens with zero attached hydrogens (tertiary/aromatic N) is 3. The molecule has 1 aromatic rings. The Bertz CT molecular complexity index is 379. The van der Waals surface area contributed by atoms with Gasteiger partial charge in [-0.15, -0.1) is 0 Å². The molecular formula is C13H25BrN4O. The maximum atomic E-state index is 10.3. The highest BCUT2D eigenvalue weighted by Gasteiger charge is 2.17. The number of rotatable bonds is 8. The van der Waals surface area contributed by atoms with Gasteiger partial charge >= 0.3 is 0 Å². The third-order valence-electron chi connectivity index (χ3n) is 2.80. The summed E-state index contributed by atoms with van der Waals surface area (Å²) in [5.74, 6) is 0.578. The fourth-order valence-electron chi connectivity index (χ4n) is 1.78. The van der Waals surface area contributed by atoms with Gasteiger partial charge in [0.1, 0.15) is 6.10 Å². The quantitative estimate of drug-likeness (QED) is 0.757. The predicted octanol–water partition coefficient (Wildman–Crippen LogP) is 1.49. The Morgan fingerprint density at radius 3 is 2.68 bits per heavy atom. The molecule has 0 saturated carbocycles. The van der Waals surface area contributed by atoms with Crippen molar-refractivity contribution in [1.82, 2.24) is 20.0 Å². The highest BCUT2D eigenvalue weighted by atomic mass is 79.9. The first-order chi connectivity index (χ1) is 8.91. The number of likely N-dealkylation sites (N-methyl/N-ethyl adjacent to an activating group) is 1. The summed E-state index contributed by atoms with van der Waals surface area (Å²) in [6.45, 7) is 7.42. The largest absolute Gasteiger partial charge is 0.385 e. The van der Waals surface area contributed by atoms with Crippen molar-refractivity contribution in [3.63, 3.8) is 0 Å². The Labute approximate surface area is 124 Å². The summed E-state index contributed by atoms with van der Waals surface area (Å²) in [7, 11) is 4.05. The fourth-order valence-corrected chi connectivity index (χ4v) is 2.34. The zero-order valence-electron chi connectivity index (χ0n) is 12.2. The number of aliphatic hydroxyl groups excluding tert-OH is 1. The van der Waals surface area contributed by atoms with Gasteiger partial charge in [-0.2, -0.15) is 5.10 Å². The summed E-state index contributed by atoms with van der Waals surface area (Å²) in [4.78, 5) is 2.10. The Hall–Kier alpha value is -0.430. The minimum absolute atomic E-state index is 0.544. The number of halogens is 1. The molecule has 1 heterocycles. The molecule has 0 fully saturated rings. The summed E-state index contributed by atoms with van der Waals surface area (Å²) in [5, 5.41) is 17.9. The molecule has 2 N–H and O–H groups in total. The summed E-state index contributed by atoms with van der Waals surface area (Å²) in [5.41, 5.74) is 0.845. The van der Waals surface area contributed by atoms with E-state index in [1.807, 2.05) is 18.8 Å². The van der Waals surface area contributed by atoms with Gasteiger partial charge in [0, 0.05) is 13.1 Å². The summed E-state index contributed by atoms with van der Waals surface area (Å²) in [6, 6.07) is 0. The van der Waals surface area contributed by atoms with Crippen molar-refractivity contribution in [3.8, 4) is 0 Å². The standard InChI is InChI=1S/C13H25BrN4O/c1-10(2)7-15-9-12(19)13-11(14)8-16-18(13)6-5-17(3)4/h8,10,12,15,19H,5-7,9H2,1-4H3. The monoisotopic (exact) mass is 332 g/mol. The molecule has 0 spiro atoms. The van der Waals surface area contributed by atoms with Crippen LogP contribution < -0.4 is 5.32 Å². The molecule has 5 nitrogen and oxygen atoms in total. The molecule has 19 heavy (non-hydrogen) atoms. The molecule has 0 amide bonds. The van der Waals surface area contributed by atoms with Crippen LogP contribution in [0.15, 0.2) is 10.7 Å². The van der Waals surface area contributed by atoms with Crippen molar-refractivity contribution in [3.05, 3.63) is 16.4 Å². The second-order valence-electron chi connectivity index (χ2n) is 5.47. The third-order valence-corrected chi connectivity index (χ3v) is 3.41. The van der Waals surface area contributed by atoms with Gasteiger partial charge in [-0.25, -0.2) is 0 Å². The maximum Gasteiger partial charge on any atom is 0.109 e. The number of hydrogen-bond donors (Lipinski definition) is 2. The van der Waals surface area contributed by atoms with Gasteiger partial charge in [0.05, 0.1) is 22.9 Å². The molecule has 0 aliphatic heterocycles. The third kappa shape index (κ3) is 5.60. The smallest absolute Gasteiger partial charge is 0.109 e. The Morgan fingerprint density at radius 2 is 2.11 bits per heavy atom. The molecule has 0 aliphatic rings. The van der Waals surface area contributed by atoms with E-state index >= 15 is 0 Å². The highest BCUT2D eigenvalue weighted by molar-refractivity contribution is 9.10. The van der Waals surface area contributed by atoms with E-state index in [2.05, 4.69) is 45.1 Å². The topological polar surface area (TPSA) is 53.3 Å². The van der Waals surface area contributed by atoms with E-state index in [1.165, 1.54) is 0 Å². The van der Waals surface area contributed by atoms with Crippen molar-refractivity contribution in [2.75, 3.05) is 33.7 Å². The van der Waals surface area contributed by atoms with Crippen LogP contribution in [0.25, 0.3) is 0 Å². The van der Waals surface area contributed by atoms with E-state index in [9.17, 15) is 5.11 Å². The first-order valence-corrected chi connectivity index (χ1v) is 7.45. The van der Waals surface area contributed by atoms with Crippen molar-refractivity contribution in [1.29, 1.82) is 0 Å². The van der Waals surface area contributed by atoms with E-state index in [0.29, 0.717) is 12.5 Å². The molecule has 6 heteroatoms.